The summed E-state index contributed by atoms with van der Waals surface area (Å²) in [5.74, 6) is 5.57. The average molecular weight is 280 g/mol. The maximum Gasteiger partial charge on any atom is 0.293 e. The molecule has 110 valence electrons. The van der Waals surface area contributed by atoms with E-state index in [4.69, 9.17) is 5.84 Å². The van der Waals surface area contributed by atoms with Crippen LogP contribution in [-0.4, -0.2) is 29.3 Å². The lowest BCUT2D eigenvalue weighted by molar-refractivity contribution is -0.384. The summed E-state index contributed by atoms with van der Waals surface area (Å²) in [7, 11) is 1.71. The summed E-state index contributed by atoms with van der Waals surface area (Å²) < 4.78 is 0. The first-order valence-corrected chi connectivity index (χ1v) is 6.37. The zero-order valence-electron chi connectivity index (χ0n) is 11.9. The third-order valence-electron chi connectivity index (χ3n) is 2.98. The molecular formula is C13H20N4O3. The Bertz CT molecular complexity index is 502. The Kier molecular flexibility index (Phi) is 5.45. The summed E-state index contributed by atoms with van der Waals surface area (Å²) in [6.45, 7) is 4.81. The molecule has 1 rings (SSSR count). The quantitative estimate of drug-likeness (QED) is 0.471. The molecule has 0 saturated carbocycles. The highest BCUT2D eigenvalue weighted by molar-refractivity contribution is 5.95. The number of rotatable bonds is 6. The van der Waals surface area contributed by atoms with Gasteiger partial charge in [0.1, 0.15) is 5.69 Å². The van der Waals surface area contributed by atoms with E-state index < -0.39 is 4.92 Å². The van der Waals surface area contributed by atoms with Gasteiger partial charge in [0.05, 0.1) is 4.92 Å². The van der Waals surface area contributed by atoms with Gasteiger partial charge >= 0.3 is 0 Å². The van der Waals surface area contributed by atoms with Gasteiger partial charge in [-0.3, -0.25) is 20.8 Å². The van der Waals surface area contributed by atoms with Crippen LogP contribution in [0.4, 0.5) is 11.4 Å². The minimum atomic E-state index is -0.550. The monoisotopic (exact) mass is 280 g/mol. The van der Waals surface area contributed by atoms with Gasteiger partial charge in [0.15, 0.2) is 0 Å². The number of nitrogens with zero attached hydrogens (tertiary/aromatic N) is 2. The highest BCUT2D eigenvalue weighted by Crippen LogP contribution is 2.25. The van der Waals surface area contributed by atoms with E-state index in [-0.39, 0.29) is 17.3 Å². The molecule has 3 N–H and O–H groups in total. The second-order valence-corrected chi connectivity index (χ2v) is 5.04. The van der Waals surface area contributed by atoms with Crippen molar-refractivity contribution >= 4 is 17.3 Å². The summed E-state index contributed by atoms with van der Waals surface area (Å²) in [5, 5.41) is 10.8. The fourth-order valence-electron chi connectivity index (χ4n) is 1.72. The van der Waals surface area contributed by atoms with Crippen molar-refractivity contribution in [3.05, 3.63) is 33.9 Å². The Hall–Kier alpha value is -2.15. The predicted octanol–water partition coefficient (Wildman–Crippen LogP) is 2.00. The van der Waals surface area contributed by atoms with Gasteiger partial charge in [-0.25, -0.2) is 0 Å². The molecule has 1 aromatic rings. The minimum Gasteiger partial charge on any atom is -0.342 e. The van der Waals surface area contributed by atoms with Gasteiger partial charge in [-0.2, -0.15) is 0 Å². The largest absolute Gasteiger partial charge is 0.342 e. The predicted molar refractivity (Wildman–Crippen MR) is 77.3 cm³/mol. The zero-order chi connectivity index (χ0) is 15.3. The zero-order valence-corrected chi connectivity index (χ0v) is 11.9. The highest BCUT2D eigenvalue weighted by atomic mass is 16.6. The van der Waals surface area contributed by atoms with Crippen LogP contribution in [0.3, 0.4) is 0 Å². The summed E-state index contributed by atoms with van der Waals surface area (Å²) >= 11 is 0. The van der Waals surface area contributed by atoms with E-state index in [1.807, 2.05) is 0 Å². The van der Waals surface area contributed by atoms with Gasteiger partial charge in [0.25, 0.3) is 11.6 Å². The second kappa shape index (κ2) is 6.85. The number of carbonyl (C=O) groups is 1. The average Bonchev–Trinajstić information content (AvgIpc) is 2.42. The van der Waals surface area contributed by atoms with E-state index in [1.54, 1.807) is 11.9 Å². The number of nitrogens with two attached hydrogens (primary N) is 1. The maximum absolute atomic E-state index is 12.2. The fourth-order valence-corrected chi connectivity index (χ4v) is 1.72. The van der Waals surface area contributed by atoms with Gasteiger partial charge in [-0.15, -0.1) is 0 Å². The topological polar surface area (TPSA) is 102 Å². The van der Waals surface area contributed by atoms with Gasteiger partial charge in [-0.1, -0.05) is 13.8 Å². The molecule has 1 amide bonds. The Morgan fingerprint density at radius 3 is 2.65 bits per heavy atom. The lowest BCUT2D eigenvalue weighted by atomic mass is 10.1. The van der Waals surface area contributed by atoms with E-state index in [2.05, 4.69) is 19.3 Å². The highest BCUT2D eigenvalue weighted by Gasteiger charge is 2.18. The number of anilines is 1. The lowest BCUT2D eigenvalue weighted by Gasteiger charge is -2.18. The Morgan fingerprint density at radius 2 is 2.15 bits per heavy atom. The van der Waals surface area contributed by atoms with Crippen LogP contribution in [0.25, 0.3) is 0 Å². The SMILES string of the molecule is CC(C)CCN(C)C(=O)c1ccc([N+](=O)[O-])c(NN)c1. The van der Waals surface area contributed by atoms with Crippen molar-refractivity contribution in [3.8, 4) is 0 Å². The van der Waals surface area contributed by atoms with Gasteiger partial charge < -0.3 is 10.3 Å². The molecule has 0 aliphatic carbocycles. The molecule has 0 bridgehead atoms. The molecule has 0 heterocycles. The van der Waals surface area contributed by atoms with Crippen molar-refractivity contribution < 1.29 is 9.72 Å². The van der Waals surface area contributed by atoms with Crippen LogP contribution < -0.4 is 11.3 Å². The molecule has 0 atom stereocenters. The van der Waals surface area contributed by atoms with Crippen LogP contribution in [0.5, 0.6) is 0 Å². The minimum absolute atomic E-state index is 0.123. The normalized spacial score (nSPS) is 10.4. The van der Waals surface area contributed by atoms with E-state index in [0.29, 0.717) is 18.0 Å². The summed E-state index contributed by atoms with van der Waals surface area (Å²) in [4.78, 5) is 24.0. The van der Waals surface area contributed by atoms with Gasteiger partial charge in [-0.05, 0) is 24.5 Å². The Labute approximate surface area is 117 Å². The summed E-state index contributed by atoms with van der Waals surface area (Å²) in [6, 6.07) is 4.11. The Balaban J connectivity index is 2.91. The van der Waals surface area contributed by atoms with Crippen molar-refractivity contribution in [1.29, 1.82) is 0 Å². The molecule has 0 unspecified atom stereocenters. The molecule has 7 nitrogen and oxygen atoms in total. The van der Waals surface area contributed by atoms with E-state index in [1.165, 1.54) is 18.2 Å². The number of nitro groups is 1. The van der Waals surface area contributed by atoms with Crippen molar-refractivity contribution in [2.45, 2.75) is 20.3 Å². The first kappa shape index (κ1) is 15.9. The third-order valence-corrected chi connectivity index (χ3v) is 2.98. The van der Waals surface area contributed by atoms with E-state index in [0.717, 1.165) is 6.42 Å². The standard InChI is InChI=1S/C13H20N4O3/c1-9(2)6-7-16(3)13(18)10-4-5-12(17(19)20)11(8-10)15-14/h4-5,8-9,15H,6-7,14H2,1-3H3. The molecule has 20 heavy (non-hydrogen) atoms. The molecule has 0 aliphatic rings. The third kappa shape index (κ3) is 3.92. The van der Waals surface area contributed by atoms with Crippen LogP contribution >= 0.6 is 0 Å². The number of nitrogens with one attached hydrogen (secondary N) is 1. The number of nitrogen functional groups attached to an aromatic ring is 1. The second-order valence-electron chi connectivity index (χ2n) is 5.04. The molecule has 0 radical (unpaired) electrons. The summed E-state index contributed by atoms with van der Waals surface area (Å²) in [5.41, 5.74) is 2.58. The first-order valence-electron chi connectivity index (χ1n) is 6.37. The summed E-state index contributed by atoms with van der Waals surface area (Å²) in [6.07, 6.45) is 0.900. The number of benzene rings is 1. The number of amides is 1. The van der Waals surface area contributed by atoms with Crippen molar-refractivity contribution in [1.82, 2.24) is 4.90 Å². The van der Waals surface area contributed by atoms with Crippen LogP contribution in [0.1, 0.15) is 30.6 Å². The molecular weight excluding hydrogens is 260 g/mol. The van der Waals surface area contributed by atoms with Crippen LogP contribution in [-0.2, 0) is 0 Å². The first-order chi connectivity index (χ1) is 9.36. The molecule has 7 heteroatoms. The number of hydrogen-bond acceptors (Lipinski definition) is 5. The number of hydrazine groups is 1. The molecule has 0 fully saturated rings. The van der Waals surface area contributed by atoms with Crippen LogP contribution in [0, 0.1) is 16.0 Å². The molecule has 0 spiro atoms. The maximum atomic E-state index is 12.2. The molecule has 1 aromatic carbocycles. The van der Waals surface area contributed by atoms with Crippen molar-refractivity contribution in [3.63, 3.8) is 0 Å². The van der Waals surface area contributed by atoms with Crippen LogP contribution in [0.15, 0.2) is 18.2 Å². The van der Waals surface area contributed by atoms with E-state index >= 15 is 0 Å². The number of hydrogen-bond donors (Lipinski definition) is 2. The Morgan fingerprint density at radius 1 is 1.50 bits per heavy atom. The molecule has 0 aromatic heterocycles. The molecule has 0 saturated heterocycles. The van der Waals surface area contributed by atoms with Crippen molar-refractivity contribution in [2.24, 2.45) is 11.8 Å². The van der Waals surface area contributed by atoms with Crippen LogP contribution in [0.2, 0.25) is 0 Å². The van der Waals surface area contributed by atoms with Crippen molar-refractivity contribution in [2.75, 3.05) is 19.0 Å². The number of nitro benzene ring substituents is 1. The molecule has 0 aliphatic heterocycles. The van der Waals surface area contributed by atoms with Gasteiger partial charge in [0.2, 0.25) is 0 Å². The lowest BCUT2D eigenvalue weighted by Crippen LogP contribution is -2.28. The fraction of sp³-hybridized carbons (Fsp3) is 0.462. The smallest absolute Gasteiger partial charge is 0.293 e. The number of carbonyl (C=O) groups excluding carboxylic acids is 1. The van der Waals surface area contributed by atoms with Gasteiger partial charge in [0, 0.05) is 25.2 Å². The van der Waals surface area contributed by atoms with E-state index in [9.17, 15) is 14.9 Å².